The minimum atomic E-state index is 0.0123. The number of anilines is 2. The van der Waals surface area contributed by atoms with Gasteiger partial charge in [0.15, 0.2) is 0 Å². The molecule has 0 fully saturated rings. The fourth-order valence-electron chi connectivity index (χ4n) is 1.56. The summed E-state index contributed by atoms with van der Waals surface area (Å²) in [7, 11) is 5.11. The van der Waals surface area contributed by atoms with Crippen LogP contribution in [0.5, 0.6) is 5.75 Å². The standard InChI is InChI=1S/C12H19N3O2/c1-14-11(16)7-8-15(2)9-5-4-6-10(17-3)12(9)13/h4-6H,7-8,13H2,1-3H3,(H,14,16). The molecule has 0 spiro atoms. The SMILES string of the molecule is CNC(=O)CCN(C)c1cccc(OC)c1N. The maximum atomic E-state index is 11.2. The quantitative estimate of drug-likeness (QED) is 0.745. The first-order valence-electron chi connectivity index (χ1n) is 5.44. The number of nitrogen functional groups attached to an aromatic ring is 1. The van der Waals surface area contributed by atoms with Crippen molar-refractivity contribution >= 4 is 17.3 Å². The fraction of sp³-hybridized carbons (Fsp3) is 0.417. The lowest BCUT2D eigenvalue weighted by Crippen LogP contribution is -2.26. The summed E-state index contributed by atoms with van der Waals surface area (Å²) in [6.07, 6.45) is 0.434. The molecule has 0 saturated carbocycles. The first-order valence-corrected chi connectivity index (χ1v) is 5.44. The van der Waals surface area contributed by atoms with E-state index in [2.05, 4.69) is 5.32 Å². The molecule has 0 aliphatic heterocycles. The van der Waals surface area contributed by atoms with Crippen molar-refractivity contribution < 1.29 is 9.53 Å². The van der Waals surface area contributed by atoms with Gasteiger partial charge in [0, 0.05) is 27.1 Å². The summed E-state index contributed by atoms with van der Waals surface area (Å²) in [6, 6.07) is 5.59. The highest BCUT2D eigenvalue weighted by atomic mass is 16.5. The molecule has 5 heteroatoms. The Balaban J connectivity index is 2.75. The summed E-state index contributed by atoms with van der Waals surface area (Å²) < 4.78 is 5.15. The molecule has 0 heterocycles. The Morgan fingerprint density at radius 2 is 2.24 bits per heavy atom. The van der Waals surface area contributed by atoms with Crippen LogP contribution in [0.2, 0.25) is 0 Å². The van der Waals surface area contributed by atoms with E-state index in [9.17, 15) is 4.79 Å². The Bertz CT molecular complexity index is 393. The minimum Gasteiger partial charge on any atom is -0.495 e. The van der Waals surface area contributed by atoms with Gasteiger partial charge in [-0.1, -0.05) is 6.07 Å². The number of carbonyl (C=O) groups excluding carboxylic acids is 1. The molecule has 1 aromatic carbocycles. The number of nitrogens with two attached hydrogens (primary N) is 1. The van der Waals surface area contributed by atoms with Crippen LogP contribution in [-0.4, -0.2) is 33.7 Å². The summed E-state index contributed by atoms with van der Waals surface area (Å²) in [5.74, 6) is 0.660. The third-order valence-corrected chi connectivity index (χ3v) is 2.63. The molecule has 5 nitrogen and oxygen atoms in total. The maximum Gasteiger partial charge on any atom is 0.221 e. The number of methoxy groups -OCH3 is 1. The average Bonchev–Trinajstić information content (AvgIpc) is 2.35. The van der Waals surface area contributed by atoms with Crippen LogP contribution >= 0.6 is 0 Å². The van der Waals surface area contributed by atoms with Crippen LogP contribution in [0.3, 0.4) is 0 Å². The van der Waals surface area contributed by atoms with Crippen molar-refractivity contribution in [2.45, 2.75) is 6.42 Å². The third kappa shape index (κ3) is 3.27. The van der Waals surface area contributed by atoms with Crippen LogP contribution in [0.25, 0.3) is 0 Å². The molecule has 0 bridgehead atoms. The molecule has 0 atom stereocenters. The monoisotopic (exact) mass is 237 g/mol. The van der Waals surface area contributed by atoms with Gasteiger partial charge in [0.2, 0.25) is 5.91 Å². The molecule has 1 rings (SSSR count). The Kier molecular flexibility index (Phi) is 4.63. The second kappa shape index (κ2) is 5.98. The highest BCUT2D eigenvalue weighted by Crippen LogP contribution is 2.31. The lowest BCUT2D eigenvalue weighted by molar-refractivity contribution is -0.120. The molecular formula is C12H19N3O2. The molecule has 1 aromatic rings. The fourth-order valence-corrected chi connectivity index (χ4v) is 1.56. The van der Waals surface area contributed by atoms with Crippen molar-refractivity contribution in [1.29, 1.82) is 0 Å². The lowest BCUT2D eigenvalue weighted by atomic mass is 10.2. The van der Waals surface area contributed by atoms with Gasteiger partial charge < -0.3 is 20.7 Å². The van der Waals surface area contributed by atoms with Crippen molar-refractivity contribution in [3.63, 3.8) is 0 Å². The average molecular weight is 237 g/mol. The molecule has 17 heavy (non-hydrogen) atoms. The van der Waals surface area contributed by atoms with Gasteiger partial charge in [0.05, 0.1) is 18.5 Å². The topological polar surface area (TPSA) is 67.6 Å². The van der Waals surface area contributed by atoms with E-state index in [0.717, 1.165) is 5.69 Å². The molecule has 0 aliphatic carbocycles. The molecule has 0 aromatic heterocycles. The summed E-state index contributed by atoms with van der Waals surface area (Å²) in [4.78, 5) is 13.1. The van der Waals surface area contributed by atoms with Gasteiger partial charge >= 0.3 is 0 Å². The zero-order chi connectivity index (χ0) is 12.8. The van der Waals surface area contributed by atoms with Gasteiger partial charge in [-0.25, -0.2) is 0 Å². The van der Waals surface area contributed by atoms with E-state index in [1.165, 1.54) is 0 Å². The number of carbonyl (C=O) groups is 1. The number of rotatable bonds is 5. The van der Waals surface area contributed by atoms with E-state index in [4.69, 9.17) is 10.5 Å². The zero-order valence-electron chi connectivity index (χ0n) is 10.5. The van der Waals surface area contributed by atoms with Gasteiger partial charge in [-0.2, -0.15) is 0 Å². The second-order valence-electron chi connectivity index (χ2n) is 3.74. The maximum absolute atomic E-state index is 11.2. The first-order chi connectivity index (χ1) is 8.10. The Labute approximate surface area is 102 Å². The van der Waals surface area contributed by atoms with Gasteiger partial charge in [-0.15, -0.1) is 0 Å². The normalized spacial score (nSPS) is 9.82. The number of ether oxygens (including phenoxy) is 1. The van der Waals surface area contributed by atoms with Gasteiger partial charge in [-0.05, 0) is 12.1 Å². The van der Waals surface area contributed by atoms with E-state index >= 15 is 0 Å². The van der Waals surface area contributed by atoms with E-state index < -0.39 is 0 Å². The number of hydrogen-bond donors (Lipinski definition) is 2. The molecule has 0 saturated heterocycles. The Hall–Kier alpha value is -1.91. The molecule has 0 unspecified atom stereocenters. The predicted octanol–water partition coefficient (Wildman–Crippen LogP) is 0.850. The third-order valence-electron chi connectivity index (χ3n) is 2.63. The highest BCUT2D eigenvalue weighted by molar-refractivity contribution is 5.77. The summed E-state index contributed by atoms with van der Waals surface area (Å²) in [6.45, 7) is 0.608. The molecular weight excluding hydrogens is 218 g/mol. The van der Waals surface area contributed by atoms with Crippen LogP contribution < -0.4 is 20.7 Å². The van der Waals surface area contributed by atoms with E-state index in [1.807, 2.05) is 30.1 Å². The highest BCUT2D eigenvalue weighted by Gasteiger charge is 2.10. The first kappa shape index (κ1) is 13.2. The number of amides is 1. The largest absolute Gasteiger partial charge is 0.495 e. The number of para-hydroxylation sites is 1. The number of benzene rings is 1. The molecule has 0 aliphatic rings. The molecule has 0 radical (unpaired) electrons. The zero-order valence-corrected chi connectivity index (χ0v) is 10.5. The summed E-state index contributed by atoms with van der Waals surface area (Å²) in [5.41, 5.74) is 7.43. The molecule has 1 amide bonds. The Morgan fingerprint density at radius 3 is 2.82 bits per heavy atom. The van der Waals surface area contributed by atoms with Crippen molar-refractivity contribution in [1.82, 2.24) is 5.32 Å². The van der Waals surface area contributed by atoms with Crippen molar-refractivity contribution in [2.24, 2.45) is 0 Å². The van der Waals surface area contributed by atoms with E-state index in [-0.39, 0.29) is 5.91 Å². The summed E-state index contributed by atoms with van der Waals surface area (Å²) in [5, 5.41) is 2.59. The van der Waals surface area contributed by atoms with Crippen LogP contribution in [0, 0.1) is 0 Å². The van der Waals surface area contributed by atoms with Crippen molar-refractivity contribution in [3.8, 4) is 5.75 Å². The van der Waals surface area contributed by atoms with E-state index in [0.29, 0.717) is 24.4 Å². The smallest absolute Gasteiger partial charge is 0.221 e. The van der Waals surface area contributed by atoms with Crippen LogP contribution in [-0.2, 0) is 4.79 Å². The van der Waals surface area contributed by atoms with Crippen LogP contribution in [0.4, 0.5) is 11.4 Å². The summed E-state index contributed by atoms with van der Waals surface area (Å²) >= 11 is 0. The second-order valence-corrected chi connectivity index (χ2v) is 3.74. The van der Waals surface area contributed by atoms with Crippen LogP contribution in [0.1, 0.15) is 6.42 Å². The molecule has 94 valence electrons. The number of nitrogens with one attached hydrogen (secondary N) is 1. The van der Waals surface area contributed by atoms with E-state index in [1.54, 1.807) is 14.2 Å². The van der Waals surface area contributed by atoms with Gasteiger partial charge in [0.25, 0.3) is 0 Å². The minimum absolute atomic E-state index is 0.0123. The lowest BCUT2D eigenvalue weighted by Gasteiger charge is -2.21. The van der Waals surface area contributed by atoms with Gasteiger partial charge in [-0.3, -0.25) is 4.79 Å². The number of nitrogens with zero attached hydrogens (tertiary/aromatic N) is 1. The van der Waals surface area contributed by atoms with Crippen LogP contribution in [0.15, 0.2) is 18.2 Å². The number of hydrogen-bond acceptors (Lipinski definition) is 4. The van der Waals surface area contributed by atoms with Crippen molar-refractivity contribution in [3.05, 3.63) is 18.2 Å². The predicted molar refractivity (Wildman–Crippen MR) is 69.4 cm³/mol. The Morgan fingerprint density at radius 1 is 1.53 bits per heavy atom. The van der Waals surface area contributed by atoms with Gasteiger partial charge in [0.1, 0.15) is 5.75 Å². The molecule has 3 N–H and O–H groups in total. The van der Waals surface area contributed by atoms with Crippen molar-refractivity contribution in [2.75, 3.05) is 38.4 Å².